The first kappa shape index (κ1) is 13.3. The number of aryl methyl sites for hydroxylation is 1. The van der Waals surface area contributed by atoms with Gasteiger partial charge in [0.15, 0.2) is 5.78 Å². The zero-order chi connectivity index (χ0) is 14.1. The Hall–Kier alpha value is -1.68. The molecule has 4 nitrogen and oxygen atoms in total. The summed E-state index contributed by atoms with van der Waals surface area (Å²) in [4.78, 5) is 24.0. The molecule has 2 heterocycles. The van der Waals surface area contributed by atoms with Crippen molar-refractivity contribution in [3.05, 3.63) is 29.3 Å². The second-order valence-electron chi connectivity index (χ2n) is 5.70. The molecule has 1 aromatic carbocycles. The molecule has 0 spiro atoms. The molecule has 2 aliphatic rings. The first-order valence-corrected chi connectivity index (χ1v) is 7.24. The minimum Gasteiger partial charge on any atom is -0.370 e. The lowest BCUT2D eigenvalue weighted by atomic mass is 9.94. The van der Waals surface area contributed by atoms with Crippen LogP contribution in [0.4, 0.5) is 5.69 Å². The van der Waals surface area contributed by atoms with Gasteiger partial charge in [0.1, 0.15) is 6.10 Å². The lowest BCUT2D eigenvalue weighted by Crippen LogP contribution is -2.25. The Labute approximate surface area is 118 Å². The van der Waals surface area contributed by atoms with E-state index in [2.05, 4.69) is 12.2 Å². The topological polar surface area (TPSA) is 55.4 Å². The molecule has 0 saturated carbocycles. The number of Topliss-reactive ketones (excluding diaryl/α,β-unsaturated/α-hetero) is 1. The van der Waals surface area contributed by atoms with Gasteiger partial charge in [-0.3, -0.25) is 9.59 Å². The summed E-state index contributed by atoms with van der Waals surface area (Å²) < 4.78 is 5.55. The maximum absolute atomic E-state index is 12.5. The van der Waals surface area contributed by atoms with Crippen LogP contribution in [-0.4, -0.2) is 24.4 Å². The van der Waals surface area contributed by atoms with Crippen LogP contribution < -0.4 is 5.32 Å². The van der Waals surface area contributed by atoms with Gasteiger partial charge < -0.3 is 10.1 Å². The summed E-state index contributed by atoms with van der Waals surface area (Å²) in [5, 5.41) is 2.89. The first-order chi connectivity index (χ1) is 9.65. The largest absolute Gasteiger partial charge is 0.370 e. The van der Waals surface area contributed by atoms with E-state index >= 15 is 0 Å². The number of ether oxygens (including phenoxy) is 1. The SMILES string of the molecule is CC1CCOC1C(=O)c1ccc2c(c1)CCCC(=O)N2. The van der Waals surface area contributed by atoms with E-state index in [4.69, 9.17) is 4.74 Å². The molecule has 20 heavy (non-hydrogen) atoms. The van der Waals surface area contributed by atoms with Crippen molar-refractivity contribution in [2.75, 3.05) is 11.9 Å². The van der Waals surface area contributed by atoms with E-state index in [9.17, 15) is 9.59 Å². The third kappa shape index (κ3) is 2.48. The molecule has 2 unspecified atom stereocenters. The lowest BCUT2D eigenvalue weighted by Gasteiger charge is -2.15. The smallest absolute Gasteiger partial charge is 0.224 e. The number of rotatable bonds is 2. The van der Waals surface area contributed by atoms with Crippen LogP contribution in [0.2, 0.25) is 0 Å². The highest BCUT2D eigenvalue weighted by molar-refractivity contribution is 6.01. The number of carbonyl (C=O) groups excluding carboxylic acids is 2. The number of anilines is 1. The minimum absolute atomic E-state index is 0.0515. The van der Waals surface area contributed by atoms with Crippen LogP contribution in [0.25, 0.3) is 0 Å². The molecule has 2 aliphatic heterocycles. The maximum atomic E-state index is 12.5. The van der Waals surface area contributed by atoms with Crippen LogP contribution >= 0.6 is 0 Å². The summed E-state index contributed by atoms with van der Waals surface area (Å²) in [6.07, 6.45) is 2.83. The Kier molecular flexibility index (Phi) is 3.57. The van der Waals surface area contributed by atoms with Crippen molar-refractivity contribution < 1.29 is 14.3 Å². The highest BCUT2D eigenvalue weighted by Gasteiger charge is 2.31. The summed E-state index contributed by atoms with van der Waals surface area (Å²) in [7, 11) is 0. The van der Waals surface area contributed by atoms with Crippen LogP contribution in [0.5, 0.6) is 0 Å². The summed E-state index contributed by atoms with van der Waals surface area (Å²) in [5.41, 5.74) is 2.58. The summed E-state index contributed by atoms with van der Waals surface area (Å²) in [6.45, 7) is 2.72. The van der Waals surface area contributed by atoms with Gasteiger partial charge >= 0.3 is 0 Å². The highest BCUT2D eigenvalue weighted by atomic mass is 16.5. The van der Waals surface area contributed by atoms with Gasteiger partial charge in [0, 0.05) is 24.3 Å². The summed E-state index contributed by atoms with van der Waals surface area (Å²) in [5.74, 6) is 0.393. The molecule has 1 amide bonds. The third-order valence-corrected chi connectivity index (χ3v) is 4.16. The zero-order valence-electron chi connectivity index (χ0n) is 11.6. The van der Waals surface area contributed by atoms with Crippen molar-refractivity contribution in [3.8, 4) is 0 Å². The Balaban J connectivity index is 1.86. The van der Waals surface area contributed by atoms with Crippen molar-refractivity contribution >= 4 is 17.4 Å². The molecule has 2 atom stereocenters. The fourth-order valence-corrected chi connectivity index (χ4v) is 2.92. The average molecular weight is 273 g/mol. The Morgan fingerprint density at radius 2 is 2.20 bits per heavy atom. The van der Waals surface area contributed by atoms with Gasteiger partial charge in [-0.05, 0) is 48.9 Å². The molecule has 0 radical (unpaired) electrons. The molecular formula is C16H19NO3. The van der Waals surface area contributed by atoms with Gasteiger partial charge in [0.25, 0.3) is 0 Å². The lowest BCUT2D eigenvalue weighted by molar-refractivity contribution is -0.116. The monoisotopic (exact) mass is 273 g/mol. The van der Waals surface area contributed by atoms with E-state index in [1.807, 2.05) is 12.1 Å². The van der Waals surface area contributed by atoms with Crippen LogP contribution in [0.3, 0.4) is 0 Å². The second kappa shape index (κ2) is 5.37. The molecule has 1 fully saturated rings. The van der Waals surface area contributed by atoms with E-state index in [-0.39, 0.29) is 23.7 Å². The van der Waals surface area contributed by atoms with E-state index < -0.39 is 0 Å². The first-order valence-electron chi connectivity index (χ1n) is 7.24. The molecule has 106 valence electrons. The normalized spacial score (nSPS) is 25.8. The minimum atomic E-state index is -0.312. The fraction of sp³-hybridized carbons (Fsp3) is 0.500. The predicted molar refractivity (Wildman–Crippen MR) is 75.9 cm³/mol. The maximum Gasteiger partial charge on any atom is 0.224 e. The van der Waals surface area contributed by atoms with Gasteiger partial charge in [-0.15, -0.1) is 0 Å². The van der Waals surface area contributed by atoms with Gasteiger partial charge in [-0.2, -0.15) is 0 Å². The third-order valence-electron chi connectivity index (χ3n) is 4.16. The van der Waals surface area contributed by atoms with Gasteiger partial charge in [-0.1, -0.05) is 6.92 Å². The molecular weight excluding hydrogens is 254 g/mol. The van der Waals surface area contributed by atoms with E-state index in [0.29, 0.717) is 18.6 Å². The average Bonchev–Trinajstić information content (AvgIpc) is 2.76. The fourth-order valence-electron chi connectivity index (χ4n) is 2.92. The quantitative estimate of drug-likeness (QED) is 0.843. The number of nitrogens with one attached hydrogen (secondary N) is 1. The van der Waals surface area contributed by atoms with Crippen LogP contribution in [0, 0.1) is 5.92 Å². The van der Waals surface area contributed by atoms with Gasteiger partial charge in [-0.25, -0.2) is 0 Å². The van der Waals surface area contributed by atoms with Gasteiger partial charge in [0.2, 0.25) is 5.91 Å². The van der Waals surface area contributed by atoms with Crippen molar-refractivity contribution in [2.45, 2.75) is 38.7 Å². The molecule has 0 bridgehead atoms. The molecule has 3 rings (SSSR count). The Morgan fingerprint density at radius 1 is 1.35 bits per heavy atom. The second-order valence-corrected chi connectivity index (χ2v) is 5.70. The Bertz CT molecular complexity index is 553. The molecule has 4 heteroatoms. The number of carbonyl (C=O) groups is 2. The Morgan fingerprint density at radius 3 is 2.95 bits per heavy atom. The predicted octanol–water partition coefficient (Wildman–Crippen LogP) is 2.57. The number of ketones is 1. The summed E-state index contributed by atoms with van der Waals surface area (Å²) in [6, 6.07) is 5.55. The molecule has 1 aromatic rings. The van der Waals surface area contributed by atoms with Crippen molar-refractivity contribution in [3.63, 3.8) is 0 Å². The van der Waals surface area contributed by atoms with Crippen molar-refractivity contribution in [1.29, 1.82) is 0 Å². The van der Waals surface area contributed by atoms with Crippen LogP contribution in [0.15, 0.2) is 18.2 Å². The summed E-state index contributed by atoms with van der Waals surface area (Å²) >= 11 is 0. The molecule has 1 saturated heterocycles. The van der Waals surface area contributed by atoms with Crippen LogP contribution in [0.1, 0.15) is 42.1 Å². The van der Waals surface area contributed by atoms with Crippen molar-refractivity contribution in [1.82, 2.24) is 0 Å². The van der Waals surface area contributed by atoms with E-state index in [0.717, 1.165) is 30.5 Å². The number of benzene rings is 1. The van der Waals surface area contributed by atoms with Gasteiger partial charge in [0.05, 0.1) is 0 Å². The number of hydrogen-bond acceptors (Lipinski definition) is 3. The molecule has 0 aromatic heterocycles. The number of fused-ring (bicyclic) bond motifs is 1. The highest BCUT2D eigenvalue weighted by Crippen LogP contribution is 2.27. The number of hydrogen-bond donors (Lipinski definition) is 1. The number of amides is 1. The zero-order valence-corrected chi connectivity index (χ0v) is 11.6. The molecule has 1 N–H and O–H groups in total. The molecule has 0 aliphatic carbocycles. The van der Waals surface area contributed by atoms with E-state index in [1.165, 1.54) is 0 Å². The van der Waals surface area contributed by atoms with Crippen molar-refractivity contribution in [2.24, 2.45) is 5.92 Å². The standard InChI is InChI=1S/C16H19NO3/c1-10-7-8-20-16(10)15(19)12-5-6-13-11(9-12)3-2-4-14(18)17-13/h5-6,9-10,16H,2-4,7-8H2,1H3,(H,17,18). The van der Waals surface area contributed by atoms with E-state index in [1.54, 1.807) is 6.07 Å². The van der Waals surface area contributed by atoms with Crippen LogP contribution in [-0.2, 0) is 16.0 Å².